The summed E-state index contributed by atoms with van der Waals surface area (Å²) in [5, 5.41) is 32.0. The van der Waals surface area contributed by atoms with E-state index in [0.29, 0.717) is 0 Å². The Morgan fingerprint density at radius 3 is 1.93 bits per heavy atom. The Morgan fingerprint density at radius 1 is 1.14 bits per heavy atom. The lowest BCUT2D eigenvalue weighted by Gasteiger charge is -2.06. The number of sulfonamides is 1. The van der Waals surface area contributed by atoms with Crippen molar-refractivity contribution >= 4 is 10.0 Å². The number of benzene rings is 1. The number of hydrogen-bond donors (Lipinski definition) is 4. The number of primary sulfonamides is 1. The molecule has 0 bridgehead atoms. The number of nitrogens with two attached hydrogens (primary N) is 1. The molecule has 1 rings (SSSR count). The van der Waals surface area contributed by atoms with Crippen molar-refractivity contribution in [3.63, 3.8) is 0 Å². The zero-order chi connectivity index (χ0) is 10.9. The lowest BCUT2D eigenvalue weighted by Crippen LogP contribution is -2.14. The molecule has 0 spiro atoms. The number of phenolic OH excluding ortho intramolecular Hbond substituents is 3. The molecular formula is C7H9NO5S. The third-order valence-electron chi connectivity index (χ3n) is 1.53. The standard InChI is InChI=1S/C7H9NO5S/c8-14(12,13)3-5-6(10)1-4(9)2-7(5)11/h1-2,9-11H,3H2,(H2,8,12,13). The van der Waals surface area contributed by atoms with Gasteiger partial charge < -0.3 is 15.3 Å². The maximum Gasteiger partial charge on any atom is 0.213 e. The van der Waals surface area contributed by atoms with Gasteiger partial charge in [0.05, 0.1) is 11.3 Å². The van der Waals surface area contributed by atoms with Crippen LogP contribution in [0.3, 0.4) is 0 Å². The Bertz CT molecular complexity index is 430. The van der Waals surface area contributed by atoms with Gasteiger partial charge in [-0.15, -0.1) is 0 Å². The predicted molar refractivity (Wildman–Crippen MR) is 48.2 cm³/mol. The van der Waals surface area contributed by atoms with Crippen molar-refractivity contribution in [2.45, 2.75) is 5.75 Å². The van der Waals surface area contributed by atoms with Crippen molar-refractivity contribution in [2.75, 3.05) is 0 Å². The highest BCUT2D eigenvalue weighted by atomic mass is 32.2. The lowest BCUT2D eigenvalue weighted by molar-refractivity contribution is 0.421. The fraction of sp³-hybridized carbons (Fsp3) is 0.143. The summed E-state index contributed by atoms with van der Waals surface area (Å²) in [5.74, 6) is -2.09. The average molecular weight is 219 g/mol. The van der Waals surface area contributed by atoms with Gasteiger partial charge in [-0.2, -0.15) is 0 Å². The number of rotatable bonds is 2. The Hall–Kier alpha value is -1.47. The maximum absolute atomic E-state index is 10.7. The van der Waals surface area contributed by atoms with Crippen LogP contribution in [0, 0.1) is 0 Å². The molecule has 0 unspecified atom stereocenters. The Morgan fingerprint density at radius 2 is 1.57 bits per heavy atom. The molecule has 1 aromatic carbocycles. The first-order valence-corrected chi connectivity index (χ1v) is 5.25. The van der Waals surface area contributed by atoms with Crippen LogP contribution >= 0.6 is 0 Å². The zero-order valence-corrected chi connectivity index (χ0v) is 7.82. The summed E-state index contributed by atoms with van der Waals surface area (Å²) < 4.78 is 21.4. The van der Waals surface area contributed by atoms with Crippen molar-refractivity contribution < 1.29 is 23.7 Å². The summed E-state index contributed by atoms with van der Waals surface area (Å²) in [4.78, 5) is 0. The largest absolute Gasteiger partial charge is 0.508 e. The molecule has 6 nitrogen and oxygen atoms in total. The molecule has 0 saturated carbocycles. The summed E-state index contributed by atoms with van der Waals surface area (Å²) in [6, 6.07) is 1.83. The summed E-state index contributed by atoms with van der Waals surface area (Å²) >= 11 is 0. The van der Waals surface area contributed by atoms with Crippen molar-refractivity contribution in [3.05, 3.63) is 17.7 Å². The van der Waals surface area contributed by atoms with E-state index in [4.69, 9.17) is 10.2 Å². The van der Waals surface area contributed by atoms with E-state index >= 15 is 0 Å². The molecule has 0 aliphatic carbocycles. The smallest absolute Gasteiger partial charge is 0.213 e. The van der Waals surface area contributed by atoms with E-state index in [9.17, 15) is 18.6 Å². The third kappa shape index (κ3) is 2.51. The van der Waals surface area contributed by atoms with Crippen LogP contribution in [0.2, 0.25) is 0 Å². The van der Waals surface area contributed by atoms with Crippen molar-refractivity contribution in [1.82, 2.24) is 0 Å². The van der Waals surface area contributed by atoms with Gasteiger partial charge in [-0.1, -0.05) is 0 Å². The van der Waals surface area contributed by atoms with E-state index in [1.165, 1.54) is 0 Å². The first-order chi connectivity index (χ1) is 6.29. The Labute approximate surface area is 80.3 Å². The minimum Gasteiger partial charge on any atom is -0.508 e. The second kappa shape index (κ2) is 3.35. The minimum absolute atomic E-state index is 0.231. The SMILES string of the molecule is NS(=O)(=O)Cc1c(O)cc(O)cc1O. The van der Waals surface area contributed by atoms with E-state index < -0.39 is 27.3 Å². The maximum atomic E-state index is 10.7. The van der Waals surface area contributed by atoms with Crippen LogP contribution in [0.4, 0.5) is 0 Å². The summed E-state index contributed by atoms with van der Waals surface area (Å²) in [6.07, 6.45) is 0. The topological polar surface area (TPSA) is 121 Å². The molecule has 0 amide bonds. The molecule has 0 atom stereocenters. The second-order valence-electron chi connectivity index (χ2n) is 2.77. The molecule has 7 heteroatoms. The molecule has 0 radical (unpaired) electrons. The fourth-order valence-electron chi connectivity index (χ4n) is 0.976. The number of aromatic hydroxyl groups is 3. The van der Waals surface area contributed by atoms with E-state index in [1.54, 1.807) is 0 Å². The van der Waals surface area contributed by atoms with Crippen LogP contribution in [0.15, 0.2) is 12.1 Å². The van der Waals surface area contributed by atoms with E-state index in [1.807, 2.05) is 0 Å². The van der Waals surface area contributed by atoms with Crippen molar-refractivity contribution in [3.8, 4) is 17.2 Å². The van der Waals surface area contributed by atoms with Crippen LogP contribution < -0.4 is 5.14 Å². The van der Waals surface area contributed by atoms with Crippen LogP contribution in [0.25, 0.3) is 0 Å². The normalized spacial score (nSPS) is 11.5. The summed E-state index contributed by atoms with van der Waals surface area (Å²) in [6.45, 7) is 0. The zero-order valence-electron chi connectivity index (χ0n) is 7.01. The Kier molecular flexibility index (Phi) is 2.54. The van der Waals surface area contributed by atoms with Crippen molar-refractivity contribution in [2.24, 2.45) is 5.14 Å². The van der Waals surface area contributed by atoms with E-state index in [0.717, 1.165) is 12.1 Å². The molecule has 1 aromatic rings. The van der Waals surface area contributed by atoms with Gasteiger partial charge >= 0.3 is 0 Å². The lowest BCUT2D eigenvalue weighted by atomic mass is 10.2. The molecule has 0 fully saturated rings. The van der Waals surface area contributed by atoms with Gasteiger partial charge in [0.1, 0.15) is 17.2 Å². The first kappa shape index (κ1) is 10.6. The number of phenols is 3. The molecule has 5 N–H and O–H groups in total. The highest BCUT2D eigenvalue weighted by Gasteiger charge is 2.15. The predicted octanol–water partition coefficient (Wildman–Crippen LogP) is -0.408. The molecule has 0 saturated heterocycles. The monoisotopic (exact) mass is 219 g/mol. The van der Waals surface area contributed by atoms with Gasteiger partial charge in [0, 0.05) is 12.1 Å². The van der Waals surface area contributed by atoms with Gasteiger partial charge in [0.25, 0.3) is 0 Å². The summed E-state index contributed by atoms with van der Waals surface area (Å²) in [7, 11) is -3.84. The Balaban J connectivity index is 3.22. The molecular weight excluding hydrogens is 210 g/mol. The second-order valence-corrected chi connectivity index (χ2v) is 4.38. The van der Waals surface area contributed by atoms with Crippen LogP contribution in [-0.4, -0.2) is 23.7 Å². The molecule has 0 aliphatic rings. The molecule has 0 aliphatic heterocycles. The molecule has 0 aromatic heterocycles. The van der Waals surface area contributed by atoms with Gasteiger partial charge in [-0.3, -0.25) is 0 Å². The molecule has 0 heterocycles. The van der Waals surface area contributed by atoms with Gasteiger partial charge in [0.15, 0.2) is 0 Å². The summed E-state index contributed by atoms with van der Waals surface area (Å²) in [5.41, 5.74) is -0.231. The first-order valence-electron chi connectivity index (χ1n) is 3.54. The van der Waals surface area contributed by atoms with Gasteiger partial charge in [-0.25, -0.2) is 13.6 Å². The van der Waals surface area contributed by atoms with Crippen LogP contribution in [0.5, 0.6) is 17.2 Å². The fourth-order valence-corrected chi connectivity index (χ4v) is 1.67. The average Bonchev–Trinajstić information content (AvgIpc) is 1.95. The van der Waals surface area contributed by atoms with Gasteiger partial charge in [0.2, 0.25) is 10.0 Å². The van der Waals surface area contributed by atoms with E-state index in [-0.39, 0.29) is 11.3 Å². The van der Waals surface area contributed by atoms with Crippen molar-refractivity contribution in [1.29, 1.82) is 0 Å². The van der Waals surface area contributed by atoms with Crippen LogP contribution in [0.1, 0.15) is 5.56 Å². The number of hydrogen-bond acceptors (Lipinski definition) is 5. The quantitative estimate of drug-likeness (QED) is 0.539. The third-order valence-corrected chi connectivity index (χ3v) is 2.22. The minimum atomic E-state index is -3.84. The molecule has 14 heavy (non-hydrogen) atoms. The highest BCUT2D eigenvalue weighted by Crippen LogP contribution is 2.32. The highest BCUT2D eigenvalue weighted by molar-refractivity contribution is 7.88. The van der Waals surface area contributed by atoms with E-state index in [2.05, 4.69) is 0 Å². The molecule has 78 valence electrons. The van der Waals surface area contributed by atoms with Crippen LogP contribution in [-0.2, 0) is 15.8 Å². The van der Waals surface area contributed by atoms with Gasteiger partial charge in [-0.05, 0) is 0 Å².